The Morgan fingerprint density at radius 2 is 1.52 bits per heavy atom. The Labute approximate surface area is 171 Å². The molecule has 29 heavy (non-hydrogen) atoms. The van der Waals surface area contributed by atoms with Crippen LogP contribution in [0.4, 0.5) is 22.7 Å². The van der Waals surface area contributed by atoms with Crippen molar-refractivity contribution in [1.29, 1.82) is 0 Å². The molecule has 0 fully saturated rings. The highest BCUT2D eigenvalue weighted by molar-refractivity contribution is 5.96. The van der Waals surface area contributed by atoms with Crippen molar-refractivity contribution in [1.82, 2.24) is 0 Å². The first-order valence-corrected chi connectivity index (χ1v) is 9.36. The molecule has 0 radical (unpaired) electrons. The molecule has 3 N–H and O–H groups in total. The fourth-order valence-electron chi connectivity index (χ4n) is 2.36. The van der Waals surface area contributed by atoms with Gasteiger partial charge in [0, 0.05) is 42.1 Å². The van der Waals surface area contributed by atoms with Crippen LogP contribution in [0.1, 0.15) is 27.7 Å². The number of nitrogens with one attached hydrogen (secondary N) is 3. The monoisotopic (exact) mass is 396 g/mol. The summed E-state index contributed by atoms with van der Waals surface area (Å²) in [7, 11) is 1.69. The molecule has 0 aliphatic carbocycles. The number of carbonyl (C=O) groups is 3. The molecule has 7 heteroatoms. The van der Waals surface area contributed by atoms with Crippen molar-refractivity contribution in [2.75, 3.05) is 34.4 Å². The van der Waals surface area contributed by atoms with Crippen molar-refractivity contribution in [3.8, 4) is 0 Å². The van der Waals surface area contributed by atoms with E-state index in [0.717, 1.165) is 11.4 Å². The fourth-order valence-corrected chi connectivity index (χ4v) is 2.36. The molecule has 0 unspecified atom stereocenters. The molecule has 0 aliphatic rings. The second kappa shape index (κ2) is 9.23. The molecular weight excluding hydrogens is 368 g/mol. The molecule has 0 spiro atoms. The normalized spacial score (nSPS) is 10.8. The van der Waals surface area contributed by atoms with Crippen LogP contribution in [0.25, 0.3) is 0 Å². The molecule has 0 atom stereocenters. The van der Waals surface area contributed by atoms with Crippen LogP contribution in [0.2, 0.25) is 0 Å². The van der Waals surface area contributed by atoms with Gasteiger partial charge in [-0.05, 0) is 42.5 Å². The molecule has 0 saturated carbocycles. The summed E-state index contributed by atoms with van der Waals surface area (Å²) in [6.07, 6.45) is 0. The van der Waals surface area contributed by atoms with Gasteiger partial charge in [-0.3, -0.25) is 14.4 Å². The average molecular weight is 396 g/mol. The summed E-state index contributed by atoms with van der Waals surface area (Å²) >= 11 is 0. The van der Waals surface area contributed by atoms with Gasteiger partial charge in [-0.25, -0.2) is 0 Å². The number of anilines is 4. The number of benzene rings is 2. The maximum absolute atomic E-state index is 12.2. The lowest BCUT2D eigenvalue weighted by Gasteiger charge is -2.18. The Morgan fingerprint density at radius 1 is 0.897 bits per heavy atom. The van der Waals surface area contributed by atoms with Gasteiger partial charge in [-0.15, -0.1) is 0 Å². The largest absolute Gasteiger partial charge is 0.376 e. The van der Waals surface area contributed by atoms with Gasteiger partial charge < -0.3 is 20.9 Å². The third-order valence-electron chi connectivity index (χ3n) is 4.27. The van der Waals surface area contributed by atoms with Crippen LogP contribution in [-0.2, 0) is 14.4 Å². The molecule has 3 amide bonds. The van der Waals surface area contributed by atoms with Crippen LogP contribution < -0.4 is 20.9 Å². The van der Waals surface area contributed by atoms with Gasteiger partial charge in [-0.2, -0.15) is 0 Å². The maximum Gasteiger partial charge on any atom is 0.243 e. The molecule has 0 aliphatic heterocycles. The second-order valence-electron chi connectivity index (χ2n) is 7.81. The summed E-state index contributed by atoms with van der Waals surface area (Å²) in [5, 5.41) is 8.71. The van der Waals surface area contributed by atoms with Gasteiger partial charge in [0.25, 0.3) is 0 Å². The fraction of sp³-hybridized carbons (Fsp3) is 0.318. The summed E-state index contributed by atoms with van der Waals surface area (Å²) in [5.41, 5.74) is 2.30. The zero-order valence-corrected chi connectivity index (χ0v) is 17.5. The Bertz CT molecular complexity index is 886. The molecular formula is C22H28N4O3. The topological polar surface area (TPSA) is 90.5 Å². The van der Waals surface area contributed by atoms with Gasteiger partial charge >= 0.3 is 0 Å². The number of nitrogens with zero attached hydrogens (tertiary/aromatic N) is 1. The minimum Gasteiger partial charge on any atom is -0.376 e. The van der Waals surface area contributed by atoms with E-state index in [2.05, 4.69) is 16.0 Å². The Morgan fingerprint density at radius 3 is 2.10 bits per heavy atom. The van der Waals surface area contributed by atoms with Gasteiger partial charge in [0.2, 0.25) is 17.7 Å². The van der Waals surface area contributed by atoms with Crippen molar-refractivity contribution in [3.05, 3.63) is 48.5 Å². The van der Waals surface area contributed by atoms with Crippen LogP contribution in [0.3, 0.4) is 0 Å². The second-order valence-corrected chi connectivity index (χ2v) is 7.81. The number of rotatable bonds is 6. The molecule has 0 saturated heterocycles. The number of amides is 3. The van der Waals surface area contributed by atoms with Gasteiger partial charge in [0.1, 0.15) is 0 Å². The Balaban J connectivity index is 1.90. The highest BCUT2D eigenvalue weighted by Gasteiger charge is 2.21. The lowest BCUT2D eigenvalue weighted by molar-refractivity contribution is -0.123. The predicted molar refractivity (Wildman–Crippen MR) is 117 cm³/mol. The lowest BCUT2D eigenvalue weighted by atomic mass is 9.95. The smallest absolute Gasteiger partial charge is 0.243 e. The van der Waals surface area contributed by atoms with Crippen LogP contribution in [0.5, 0.6) is 0 Å². The van der Waals surface area contributed by atoms with Crippen molar-refractivity contribution in [2.45, 2.75) is 27.7 Å². The Hall–Kier alpha value is -3.35. The van der Waals surface area contributed by atoms with E-state index in [1.165, 1.54) is 11.8 Å². The van der Waals surface area contributed by atoms with E-state index in [9.17, 15) is 14.4 Å². The summed E-state index contributed by atoms with van der Waals surface area (Å²) in [6.45, 7) is 7.11. The number of hydrogen-bond donors (Lipinski definition) is 3. The average Bonchev–Trinajstić information content (AvgIpc) is 2.66. The minimum atomic E-state index is -0.488. The first-order valence-electron chi connectivity index (χ1n) is 9.36. The molecule has 7 nitrogen and oxygen atoms in total. The molecule has 154 valence electrons. The third-order valence-corrected chi connectivity index (χ3v) is 4.27. The highest BCUT2D eigenvalue weighted by atomic mass is 16.2. The van der Waals surface area contributed by atoms with Crippen molar-refractivity contribution in [3.63, 3.8) is 0 Å². The van der Waals surface area contributed by atoms with Crippen molar-refractivity contribution < 1.29 is 14.4 Å². The SMILES string of the molecule is CC(=O)N(C)c1ccc(NC(=O)CNc2cccc(NC(=O)C(C)(C)C)c2)cc1. The van der Waals surface area contributed by atoms with Gasteiger partial charge in [0.15, 0.2) is 0 Å². The molecule has 2 aromatic carbocycles. The first kappa shape index (κ1) is 21.9. The summed E-state index contributed by atoms with van der Waals surface area (Å²) in [4.78, 5) is 37.2. The van der Waals surface area contributed by atoms with E-state index in [4.69, 9.17) is 0 Å². The van der Waals surface area contributed by atoms with Crippen molar-refractivity contribution >= 4 is 40.5 Å². The molecule has 0 heterocycles. The standard InChI is InChI=1S/C22H28N4O3/c1-15(27)26(5)19-11-9-16(10-12-19)24-20(28)14-23-17-7-6-8-18(13-17)25-21(29)22(2,3)4/h6-13,23H,14H2,1-5H3,(H,24,28)(H,25,29). The van der Waals surface area contributed by atoms with E-state index in [0.29, 0.717) is 11.4 Å². The predicted octanol–water partition coefficient (Wildman–Crippen LogP) is 3.70. The Kier molecular flexibility index (Phi) is 6.98. The molecule has 2 rings (SSSR count). The van der Waals surface area contributed by atoms with E-state index >= 15 is 0 Å². The van der Waals surface area contributed by atoms with Crippen LogP contribution in [-0.4, -0.2) is 31.3 Å². The quantitative estimate of drug-likeness (QED) is 0.694. The third kappa shape index (κ3) is 6.64. The van der Waals surface area contributed by atoms with Crippen LogP contribution >= 0.6 is 0 Å². The van der Waals surface area contributed by atoms with Gasteiger partial charge in [-0.1, -0.05) is 26.8 Å². The zero-order valence-electron chi connectivity index (χ0n) is 17.5. The van der Waals surface area contributed by atoms with Crippen LogP contribution in [0.15, 0.2) is 48.5 Å². The molecule has 0 bridgehead atoms. The first-order chi connectivity index (χ1) is 13.6. The number of carbonyl (C=O) groups excluding carboxylic acids is 3. The number of hydrogen-bond acceptors (Lipinski definition) is 4. The van der Waals surface area contributed by atoms with E-state index in [-0.39, 0.29) is 24.3 Å². The van der Waals surface area contributed by atoms with Crippen LogP contribution in [0, 0.1) is 5.41 Å². The maximum atomic E-state index is 12.2. The summed E-state index contributed by atoms with van der Waals surface area (Å²) < 4.78 is 0. The van der Waals surface area contributed by atoms with E-state index in [1.807, 2.05) is 32.9 Å². The zero-order chi connectivity index (χ0) is 21.6. The molecule has 2 aromatic rings. The summed E-state index contributed by atoms with van der Waals surface area (Å²) in [5.74, 6) is -0.347. The van der Waals surface area contributed by atoms with Gasteiger partial charge in [0.05, 0.1) is 6.54 Å². The van der Waals surface area contributed by atoms with Crippen molar-refractivity contribution in [2.24, 2.45) is 5.41 Å². The minimum absolute atomic E-state index is 0.0631. The molecule has 0 aromatic heterocycles. The van der Waals surface area contributed by atoms with E-state index < -0.39 is 5.41 Å². The highest BCUT2D eigenvalue weighted by Crippen LogP contribution is 2.20. The lowest BCUT2D eigenvalue weighted by Crippen LogP contribution is -2.27. The van der Waals surface area contributed by atoms with E-state index in [1.54, 1.807) is 43.4 Å². The summed E-state index contributed by atoms with van der Waals surface area (Å²) in [6, 6.07) is 14.2.